The van der Waals surface area contributed by atoms with Gasteiger partial charge in [0.25, 0.3) is 0 Å². The molecule has 0 saturated carbocycles. The lowest BCUT2D eigenvalue weighted by Crippen LogP contribution is -2.25. The van der Waals surface area contributed by atoms with Gasteiger partial charge in [-0.05, 0) is 96.9 Å². The Balaban J connectivity index is 0.000000199. The Morgan fingerprint density at radius 3 is 1.70 bits per heavy atom. The van der Waals surface area contributed by atoms with E-state index in [0.717, 1.165) is 84.6 Å². The van der Waals surface area contributed by atoms with Crippen molar-refractivity contribution in [3.05, 3.63) is 114 Å². The average Bonchev–Trinajstić information content (AvgIpc) is 3.88. The fourth-order valence-corrected chi connectivity index (χ4v) is 7.37. The van der Waals surface area contributed by atoms with E-state index in [1.54, 1.807) is 33.4 Å². The number of carbonyl (C=O) groups is 2. The van der Waals surface area contributed by atoms with Gasteiger partial charge in [0.05, 0.1) is 20.2 Å². The second-order valence-electron chi connectivity index (χ2n) is 14.9. The van der Waals surface area contributed by atoms with Crippen molar-refractivity contribution in [2.24, 2.45) is 0 Å². The van der Waals surface area contributed by atoms with E-state index in [2.05, 4.69) is 50.7 Å². The monoisotopic (exact) mass is 790 g/mol. The molecule has 2 saturated heterocycles. The molecule has 4 heterocycles. The molecule has 2 aliphatic heterocycles. The number of hydrogen-bond acceptors (Lipinski definition) is 11. The molecule has 7 rings (SSSR count). The van der Waals surface area contributed by atoms with E-state index in [1.807, 2.05) is 72.8 Å². The molecule has 0 bridgehead atoms. The van der Waals surface area contributed by atoms with E-state index in [1.165, 1.54) is 0 Å². The van der Waals surface area contributed by atoms with E-state index in [-0.39, 0.29) is 40.9 Å². The molecule has 2 aromatic heterocycles. The highest BCUT2D eigenvalue weighted by molar-refractivity contribution is 6.28. The average molecular weight is 791 g/mol. The second-order valence-corrected chi connectivity index (χ2v) is 15.2. The van der Waals surface area contributed by atoms with E-state index in [9.17, 15) is 9.59 Å². The van der Waals surface area contributed by atoms with Gasteiger partial charge in [0, 0.05) is 56.7 Å². The molecule has 4 atom stereocenters. The lowest BCUT2D eigenvalue weighted by atomic mass is 9.96. The van der Waals surface area contributed by atoms with Crippen LogP contribution in [0.1, 0.15) is 76.3 Å². The van der Waals surface area contributed by atoms with E-state index < -0.39 is 0 Å². The molecule has 2 aliphatic rings. The van der Waals surface area contributed by atoms with Crippen molar-refractivity contribution in [1.82, 2.24) is 19.9 Å². The summed E-state index contributed by atoms with van der Waals surface area (Å²) in [4.78, 5) is 44.4. The molecule has 12 heteroatoms. The van der Waals surface area contributed by atoms with Crippen molar-refractivity contribution >= 4 is 34.8 Å². The van der Waals surface area contributed by atoms with Gasteiger partial charge in [-0.3, -0.25) is 0 Å². The minimum Gasteiger partial charge on any atom is -0.497 e. The normalized spacial score (nSPS) is 17.3. The lowest BCUT2D eigenvalue weighted by molar-refractivity contribution is -0.118. The molecule has 57 heavy (non-hydrogen) atoms. The van der Waals surface area contributed by atoms with Gasteiger partial charge in [0.15, 0.2) is 5.82 Å². The number of methoxy groups -OCH3 is 1. The Morgan fingerprint density at radius 2 is 1.21 bits per heavy atom. The van der Waals surface area contributed by atoms with Crippen LogP contribution in [0, 0.1) is 0 Å². The fourth-order valence-electron chi connectivity index (χ4n) is 7.23. The van der Waals surface area contributed by atoms with Gasteiger partial charge in [-0.25, -0.2) is 19.9 Å². The number of rotatable bonds is 14. The van der Waals surface area contributed by atoms with Crippen molar-refractivity contribution in [3.63, 3.8) is 0 Å². The molecular weight excluding hydrogens is 740 g/mol. The van der Waals surface area contributed by atoms with Gasteiger partial charge < -0.3 is 33.6 Å². The van der Waals surface area contributed by atoms with E-state index >= 15 is 0 Å². The first-order chi connectivity index (χ1) is 27.5. The van der Waals surface area contributed by atoms with Crippen LogP contribution in [0.4, 0.5) is 11.6 Å². The maximum atomic E-state index is 11.4. The summed E-state index contributed by atoms with van der Waals surface area (Å²) in [5, 5.41) is 0.261. The van der Waals surface area contributed by atoms with Crippen molar-refractivity contribution in [1.29, 1.82) is 0 Å². The predicted molar refractivity (Wildman–Crippen MR) is 224 cm³/mol. The lowest BCUT2D eigenvalue weighted by Gasteiger charge is -2.19. The van der Waals surface area contributed by atoms with Gasteiger partial charge in [0.2, 0.25) is 5.28 Å². The summed E-state index contributed by atoms with van der Waals surface area (Å²) < 4.78 is 17.6. The number of anilines is 2. The van der Waals surface area contributed by atoms with Crippen LogP contribution in [0.15, 0.2) is 97.3 Å². The molecule has 0 aliphatic carbocycles. The molecule has 0 N–H and O–H groups in total. The molecule has 0 spiro atoms. The van der Waals surface area contributed by atoms with Gasteiger partial charge >= 0.3 is 0 Å². The highest BCUT2D eigenvalue weighted by Gasteiger charge is 2.27. The quantitative estimate of drug-likeness (QED) is 0.100. The number of halogens is 1. The number of Topliss-reactive ketones (excluding diaryl/α,β-unsaturated/α-hetero) is 2. The summed E-state index contributed by atoms with van der Waals surface area (Å²) in [5.74, 6) is 5.79. The summed E-state index contributed by atoms with van der Waals surface area (Å²) in [6, 6.07) is 27.7. The summed E-state index contributed by atoms with van der Waals surface area (Å²) in [5.41, 5.74) is 3.25. The number of nitrogens with zero attached hydrogens (tertiary/aromatic N) is 6. The second kappa shape index (κ2) is 19.5. The minimum atomic E-state index is 0.103. The molecule has 3 aromatic carbocycles. The molecular formula is C45H51ClN6O5. The van der Waals surface area contributed by atoms with Crippen molar-refractivity contribution in [2.75, 3.05) is 43.1 Å². The Kier molecular flexibility index (Phi) is 14.1. The SMILES string of the molecule is CC(=O)C[C@@H](C)c1ccc(O[C@@H]2CCN(c3ccnc(Cl)n3)C2)cc1.COc1cccc(-c2nccc(N3CC[C@@H](Oc4ccc([C@H](C)CC(C)=O)cc4)C3)n2)c1. The van der Waals surface area contributed by atoms with Crippen LogP contribution in [0.5, 0.6) is 17.2 Å². The zero-order valence-electron chi connectivity index (χ0n) is 33.3. The van der Waals surface area contributed by atoms with Crippen LogP contribution in [0.25, 0.3) is 11.4 Å². The smallest absolute Gasteiger partial charge is 0.224 e. The maximum Gasteiger partial charge on any atom is 0.224 e. The van der Waals surface area contributed by atoms with Gasteiger partial charge in [-0.15, -0.1) is 0 Å². The van der Waals surface area contributed by atoms with Crippen LogP contribution in [-0.4, -0.2) is 77.0 Å². The number of ketones is 2. The molecule has 2 fully saturated rings. The predicted octanol–water partition coefficient (Wildman–Crippen LogP) is 8.76. The first-order valence-electron chi connectivity index (χ1n) is 19.5. The van der Waals surface area contributed by atoms with E-state index in [0.29, 0.717) is 18.7 Å². The summed E-state index contributed by atoms with van der Waals surface area (Å²) in [7, 11) is 1.65. The molecule has 11 nitrogen and oxygen atoms in total. The molecule has 0 radical (unpaired) electrons. The number of ether oxygens (including phenoxy) is 3. The maximum absolute atomic E-state index is 11.4. The Hall–Kier alpha value is -5.55. The zero-order valence-corrected chi connectivity index (χ0v) is 34.1. The summed E-state index contributed by atoms with van der Waals surface area (Å²) in [6.45, 7) is 10.7. The third-order valence-corrected chi connectivity index (χ3v) is 10.4. The first-order valence-corrected chi connectivity index (χ1v) is 19.9. The molecule has 0 unspecified atom stereocenters. The van der Waals surface area contributed by atoms with Crippen LogP contribution in [-0.2, 0) is 9.59 Å². The van der Waals surface area contributed by atoms with Crippen LogP contribution in [0.2, 0.25) is 5.28 Å². The third-order valence-electron chi connectivity index (χ3n) is 10.2. The van der Waals surface area contributed by atoms with Crippen molar-refractivity contribution < 1.29 is 23.8 Å². The van der Waals surface area contributed by atoms with Crippen LogP contribution < -0.4 is 24.0 Å². The third kappa shape index (κ3) is 11.7. The van der Waals surface area contributed by atoms with Gasteiger partial charge in [-0.2, -0.15) is 0 Å². The Labute approximate surface area is 340 Å². The number of hydrogen-bond donors (Lipinski definition) is 0. The Bertz CT molecular complexity index is 2100. The van der Waals surface area contributed by atoms with Crippen molar-refractivity contribution in [2.45, 2.75) is 77.4 Å². The van der Waals surface area contributed by atoms with Crippen molar-refractivity contribution in [3.8, 4) is 28.6 Å². The number of aromatic nitrogens is 4. The summed E-state index contributed by atoms with van der Waals surface area (Å²) in [6.07, 6.45) is 6.69. The highest BCUT2D eigenvalue weighted by Crippen LogP contribution is 2.29. The molecule has 0 amide bonds. The number of benzene rings is 3. The van der Waals surface area contributed by atoms with Gasteiger partial charge in [-0.1, -0.05) is 50.2 Å². The first kappa shape index (κ1) is 41.1. The fraction of sp³-hybridized carbons (Fsp3) is 0.378. The van der Waals surface area contributed by atoms with Crippen LogP contribution >= 0.6 is 11.6 Å². The van der Waals surface area contributed by atoms with Gasteiger partial charge in [0.1, 0.15) is 52.7 Å². The summed E-state index contributed by atoms with van der Waals surface area (Å²) >= 11 is 5.86. The van der Waals surface area contributed by atoms with Crippen LogP contribution in [0.3, 0.4) is 0 Å². The van der Waals surface area contributed by atoms with E-state index in [4.69, 9.17) is 30.8 Å². The molecule has 5 aromatic rings. The standard InChI is InChI=1S/C26H29N3O3.C19H22ClN3O2/c1-18(15-19(2)30)20-7-9-22(10-8-20)32-24-12-14-29(17-24)25-11-13-27-26(28-25)21-5-4-6-23(16-21)31-3;1-13(11-14(2)24)15-3-5-16(6-4-15)25-17-8-10-23(12-17)18-7-9-21-19(20)22-18/h4-11,13,16,18,24H,12,14-15,17H2,1-3H3;3-7,9,13,17H,8,10-12H2,1-2H3/t18-,24-;13-,17-/m11/s1. The molecule has 298 valence electrons. The largest absolute Gasteiger partial charge is 0.497 e. The topological polar surface area (TPSA) is 120 Å². The minimum absolute atomic E-state index is 0.103. The number of carbonyl (C=O) groups excluding carboxylic acids is 2. The highest BCUT2D eigenvalue weighted by atomic mass is 35.5. The Morgan fingerprint density at radius 1 is 0.702 bits per heavy atom. The zero-order chi connectivity index (χ0) is 40.3.